The number of nitrogens with one attached hydrogen (secondary N) is 2. The summed E-state index contributed by atoms with van der Waals surface area (Å²) in [5, 5.41) is 3.14. The van der Waals surface area contributed by atoms with E-state index in [0.29, 0.717) is 24.5 Å². The van der Waals surface area contributed by atoms with Gasteiger partial charge >= 0.3 is 0 Å². The van der Waals surface area contributed by atoms with Gasteiger partial charge in [0.2, 0.25) is 5.91 Å². The molecule has 25 heavy (non-hydrogen) atoms. The first-order valence-corrected chi connectivity index (χ1v) is 8.77. The Bertz CT molecular complexity index is 804. The molecule has 2 atom stereocenters. The lowest BCUT2D eigenvalue weighted by atomic mass is 9.95. The Morgan fingerprint density at radius 1 is 1.32 bits per heavy atom. The summed E-state index contributed by atoms with van der Waals surface area (Å²) in [7, 11) is 3.69. The lowest BCUT2D eigenvalue weighted by Crippen LogP contribution is -2.51. The monoisotopic (exact) mass is 341 g/mol. The average molecular weight is 341 g/mol. The molecule has 0 spiro atoms. The van der Waals surface area contributed by atoms with E-state index in [1.165, 1.54) is 0 Å². The highest BCUT2D eigenvalue weighted by Gasteiger charge is 2.38. The van der Waals surface area contributed by atoms with Crippen LogP contribution in [0.25, 0.3) is 0 Å². The smallest absolute Gasteiger partial charge is 0.268 e. The molecule has 2 amide bonds. The molecule has 2 aromatic heterocycles. The number of likely N-dealkylation sites (tertiary alicyclic amines) is 1. The molecule has 1 saturated carbocycles. The van der Waals surface area contributed by atoms with Crippen molar-refractivity contribution in [3.8, 4) is 0 Å². The van der Waals surface area contributed by atoms with Gasteiger partial charge in [-0.1, -0.05) is 0 Å². The summed E-state index contributed by atoms with van der Waals surface area (Å²) >= 11 is 0. The third-order valence-electron chi connectivity index (χ3n) is 5.32. The molecule has 4 rings (SSSR count). The lowest BCUT2D eigenvalue weighted by molar-refractivity contribution is -0.136. The Balaban J connectivity index is 1.59. The van der Waals surface area contributed by atoms with Crippen molar-refractivity contribution in [1.29, 1.82) is 0 Å². The van der Waals surface area contributed by atoms with Gasteiger partial charge in [-0.05, 0) is 36.8 Å². The minimum absolute atomic E-state index is 0.0806. The fraction of sp³-hybridized carbons (Fsp3) is 0.500. The van der Waals surface area contributed by atoms with E-state index in [0.717, 1.165) is 24.2 Å². The third-order valence-corrected chi connectivity index (χ3v) is 5.32. The number of rotatable bonds is 4. The van der Waals surface area contributed by atoms with E-state index in [9.17, 15) is 9.59 Å². The predicted molar refractivity (Wildman–Crippen MR) is 92.0 cm³/mol. The molecule has 0 radical (unpaired) electrons. The number of piperidine rings is 1. The molecule has 1 saturated heterocycles. The van der Waals surface area contributed by atoms with Gasteiger partial charge in [0.1, 0.15) is 17.6 Å². The summed E-state index contributed by atoms with van der Waals surface area (Å²) < 4.78 is 1.91. The number of amides is 2. The van der Waals surface area contributed by atoms with Gasteiger partial charge in [0.15, 0.2) is 0 Å². The van der Waals surface area contributed by atoms with Gasteiger partial charge in [0, 0.05) is 39.1 Å². The van der Waals surface area contributed by atoms with Crippen LogP contribution in [-0.2, 0) is 11.8 Å². The number of likely N-dealkylation sites (N-methyl/N-ethyl adjacent to an activating group) is 1. The van der Waals surface area contributed by atoms with Crippen LogP contribution in [0.15, 0.2) is 24.7 Å². The fourth-order valence-electron chi connectivity index (χ4n) is 3.76. The van der Waals surface area contributed by atoms with Gasteiger partial charge in [-0.15, -0.1) is 0 Å². The molecule has 1 aliphatic heterocycles. The Morgan fingerprint density at radius 3 is 2.80 bits per heavy atom. The van der Waals surface area contributed by atoms with Crippen LogP contribution in [0.1, 0.15) is 59.5 Å². The number of aryl methyl sites for hydroxylation is 1. The van der Waals surface area contributed by atoms with Crippen LogP contribution >= 0.6 is 0 Å². The minimum atomic E-state index is -0.260. The summed E-state index contributed by atoms with van der Waals surface area (Å²) in [6.07, 6.45) is 8.75. The number of H-pyrrole nitrogens is 1. The van der Waals surface area contributed by atoms with E-state index in [4.69, 9.17) is 0 Å². The van der Waals surface area contributed by atoms with Crippen molar-refractivity contribution < 1.29 is 9.59 Å². The SMILES string of the molecule is CN1C(=O)CC[C@@H](NC(=O)c2[nH]ccc2C2CC2)[C@@H]1c1nccn1C. The van der Waals surface area contributed by atoms with Crippen LogP contribution in [0, 0.1) is 0 Å². The minimum Gasteiger partial charge on any atom is -0.357 e. The van der Waals surface area contributed by atoms with Crippen molar-refractivity contribution in [3.05, 3.63) is 41.7 Å². The zero-order valence-electron chi connectivity index (χ0n) is 14.5. The summed E-state index contributed by atoms with van der Waals surface area (Å²) in [4.78, 5) is 34.2. The summed E-state index contributed by atoms with van der Waals surface area (Å²) in [6.45, 7) is 0. The average Bonchev–Trinajstić information content (AvgIpc) is 3.16. The molecule has 0 unspecified atom stereocenters. The van der Waals surface area contributed by atoms with Crippen LogP contribution < -0.4 is 5.32 Å². The normalized spacial score (nSPS) is 23.8. The van der Waals surface area contributed by atoms with E-state index >= 15 is 0 Å². The number of carbonyl (C=O) groups is 2. The lowest BCUT2D eigenvalue weighted by Gasteiger charge is -2.38. The van der Waals surface area contributed by atoms with Crippen molar-refractivity contribution in [2.45, 2.75) is 43.7 Å². The van der Waals surface area contributed by atoms with E-state index in [-0.39, 0.29) is 23.9 Å². The van der Waals surface area contributed by atoms with Crippen LogP contribution in [0.4, 0.5) is 0 Å². The van der Waals surface area contributed by atoms with Crippen LogP contribution in [0.3, 0.4) is 0 Å². The maximum Gasteiger partial charge on any atom is 0.268 e. The number of imidazole rings is 1. The first-order valence-electron chi connectivity index (χ1n) is 8.77. The number of carbonyl (C=O) groups excluding carboxylic acids is 2. The van der Waals surface area contributed by atoms with Crippen molar-refractivity contribution in [3.63, 3.8) is 0 Å². The summed E-state index contributed by atoms with van der Waals surface area (Å²) in [6, 6.07) is 1.58. The number of aromatic amines is 1. The highest BCUT2D eigenvalue weighted by atomic mass is 16.2. The predicted octanol–water partition coefficient (Wildman–Crippen LogP) is 1.72. The molecule has 2 aromatic rings. The molecular formula is C18H23N5O2. The van der Waals surface area contributed by atoms with Crippen LogP contribution in [0.2, 0.25) is 0 Å². The van der Waals surface area contributed by atoms with E-state index in [2.05, 4.69) is 15.3 Å². The zero-order valence-corrected chi connectivity index (χ0v) is 14.5. The van der Waals surface area contributed by atoms with Gasteiger partial charge in [0.25, 0.3) is 5.91 Å². The molecule has 3 heterocycles. The van der Waals surface area contributed by atoms with Crippen molar-refractivity contribution in [2.75, 3.05) is 7.05 Å². The molecule has 132 valence electrons. The molecule has 7 nitrogen and oxygen atoms in total. The van der Waals surface area contributed by atoms with Gasteiger partial charge in [-0.3, -0.25) is 9.59 Å². The Labute approximate surface area is 146 Å². The molecule has 7 heteroatoms. The molecule has 2 fully saturated rings. The summed E-state index contributed by atoms with van der Waals surface area (Å²) in [5.41, 5.74) is 1.76. The first kappa shape index (κ1) is 15.9. The largest absolute Gasteiger partial charge is 0.357 e. The number of nitrogens with zero attached hydrogens (tertiary/aromatic N) is 3. The maximum absolute atomic E-state index is 12.8. The molecule has 1 aliphatic carbocycles. The summed E-state index contributed by atoms with van der Waals surface area (Å²) in [5.74, 6) is 1.28. The third kappa shape index (κ3) is 2.83. The molecule has 2 aliphatic rings. The number of hydrogen-bond donors (Lipinski definition) is 2. The van der Waals surface area contributed by atoms with Gasteiger partial charge in [-0.2, -0.15) is 0 Å². The maximum atomic E-state index is 12.8. The van der Waals surface area contributed by atoms with Crippen LogP contribution in [0.5, 0.6) is 0 Å². The van der Waals surface area contributed by atoms with Crippen molar-refractivity contribution in [2.24, 2.45) is 7.05 Å². The molecule has 0 bridgehead atoms. The van der Waals surface area contributed by atoms with Crippen molar-refractivity contribution in [1.82, 2.24) is 24.8 Å². The second kappa shape index (κ2) is 6.06. The van der Waals surface area contributed by atoms with Crippen molar-refractivity contribution >= 4 is 11.8 Å². The Kier molecular flexibility index (Phi) is 3.86. The molecule has 0 aromatic carbocycles. The molecular weight excluding hydrogens is 318 g/mol. The number of aromatic nitrogens is 3. The highest BCUT2D eigenvalue weighted by Crippen LogP contribution is 2.41. The van der Waals surface area contributed by atoms with E-state index in [1.54, 1.807) is 18.1 Å². The van der Waals surface area contributed by atoms with Gasteiger partial charge in [-0.25, -0.2) is 4.98 Å². The van der Waals surface area contributed by atoms with Gasteiger partial charge in [0.05, 0.1) is 6.04 Å². The topological polar surface area (TPSA) is 83.0 Å². The molecule has 2 N–H and O–H groups in total. The number of hydrogen-bond acceptors (Lipinski definition) is 3. The highest BCUT2D eigenvalue weighted by molar-refractivity contribution is 5.94. The van der Waals surface area contributed by atoms with Crippen LogP contribution in [-0.4, -0.2) is 44.3 Å². The second-order valence-corrected chi connectivity index (χ2v) is 7.05. The fourth-order valence-corrected chi connectivity index (χ4v) is 3.76. The second-order valence-electron chi connectivity index (χ2n) is 7.05. The Morgan fingerprint density at radius 2 is 2.12 bits per heavy atom. The standard InChI is InChI=1S/C18H23N5O2/c1-22-10-9-20-17(22)16-13(5-6-14(24)23(16)2)21-18(25)15-12(7-8-19-15)11-3-4-11/h7-11,13,16,19H,3-6H2,1-2H3,(H,21,25)/t13-,16-/m1/s1. The van der Waals surface area contributed by atoms with Gasteiger partial charge < -0.3 is 19.8 Å². The van der Waals surface area contributed by atoms with E-state index < -0.39 is 0 Å². The zero-order chi connectivity index (χ0) is 17.6. The first-order chi connectivity index (χ1) is 12.1. The Hall–Kier alpha value is -2.57. The van der Waals surface area contributed by atoms with E-state index in [1.807, 2.05) is 30.1 Å². The quantitative estimate of drug-likeness (QED) is 0.888.